The van der Waals surface area contributed by atoms with E-state index in [0.29, 0.717) is 19.4 Å². The summed E-state index contributed by atoms with van der Waals surface area (Å²) in [6.45, 7) is 7.32. The first kappa shape index (κ1) is 56.6. The van der Waals surface area contributed by atoms with Gasteiger partial charge in [0.1, 0.15) is 6.61 Å². The third-order valence-corrected chi connectivity index (χ3v) is 9.79. The van der Waals surface area contributed by atoms with Crippen LogP contribution in [0.1, 0.15) is 201 Å². The second kappa shape index (κ2) is 49.9. The zero-order valence-corrected chi connectivity index (χ0v) is 38.9. The molecule has 1 atom stereocenters. The number of rotatable bonds is 43. The summed E-state index contributed by atoms with van der Waals surface area (Å²) in [5.74, 6) is -0.468. The summed E-state index contributed by atoms with van der Waals surface area (Å²) in [6, 6.07) is 0. The van der Waals surface area contributed by atoms with E-state index in [9.17, 15) is 9.59 Å². The molecule has 1 unspecified atom stereocenters. The van der Waals surface area contributed by atoms with Gasteiger partial charge in [-0.25, -0.2) is 0 Å². The molecule has 0 aliphatic rings. The molecule has 0 aromatic heterocycles. The maximum absolute atomic E-state index is 12.7. The van der Waals surface area contributed by atoms with Crippen molar-refractivity contribution >= 4 is 11.9 Å². The highest BCUT2D eigenvalue weighted by molar-refractivity contribution is 5.70. The third kappa shape index (κ3) is 47.2. The van der Waals surface area contributed by atoms with Crippen molar-refractivity contribution < 1.29 is 23.8 Å². The van der Waals surface area contributed by atoms with E-state index in [0.717, 1.165) is 109 Å². The number of unbranched alkanes of at least 4 members (excludes halogenated alkanes) is 14. The van der Waals surface area contributed by atoms with Crippen LogP contribution in [0.4, 0.5) is 0 Å². The van der Waals surface area contributed by atoms with Gasteiger partial charge in [0.05, 0.1) is 13.2 Å². The average Bonchev–Trinajstić information content (AvgIpc) is 3.25. The molecule has 0 saturated heterocycles. The van der Waals surface area contributed by atoms with E-state index in [1.807, 2.05) is 0 Å². The summed E-state index contributed by atoms with van der Waals surface area (Å²) >= 11 is 0. The summed E-state index contributed by atoms with van der Waals surface area (Å²) < 4.78 is 17.2. The van der Waals surface area contributed by atoms with Gasteiger partial charge in [-0.2, -0.15) is 0 Å². The van der Waals surface area contributed by atoms with Gasteiger partial charge >= 0.3 is 11.9 Å². The summed E-state index contributed by atoms with van der Waals surface area (Å²) in [7, 11) is 0. The molecule has 0 aliphatic carbocycles. The van der Waals surface area contributed by atoms with E-state index >= 15 is 0 Å². The van der Waals surface area contributed by atoms with Gasteiger partial charge in [0.25, 0.3) is 0 Å². The molecule has 0 N–H and O–H groups in total. The molecular weight excluding hydrogens is 741 g/mol. The SMILES string of the molecule is CC/C=C\C/C=C\C/C=C\C/C=C\C/C=C\CCOCC(COC(=O)CCCCCCCCC/C=C\C/C=C\C/C=C\CC)OC(=O)CCCCCCC/C=C\CCCC. The fourth-order valence-corrected chi connectivity index (χ4v) is 6.22. The normalized spacial score (nSPS) is 13.2. The highest BCUT2D eigenvalue weighted by atomic mass is 16.6. The predicted molar refractivity (Wildman–Crippen MR) is 260 cm³/mol. The smallest absolute Gasteiger partial charge is 0.306 e. The topological polar surface area (TPSA) is 61.8 Å². The Kier molecular flexibility index (Phi) is 47.1. The number of carbonyl (C=O) groups is 2. The molecule has 5 heteroatoms. The van der Waals surface area contributed by atoms with E-state index in [2.05, 4.69) is 130 Å². The molecule has 0 saturated carbocycles. The van der Waals surface area contributed by atoms with Crippen molar-refractivity contribution in [3.05, 3.63) is 109 Å². The minimum Gasteiger partial charge on any atom is -0.462 e. The molecule has 0 aromatic rings. The molecule has 0 fully saturated rings. The first-order valence-electron chi connectivity index (χ1n) is 24.4. The highest BCUT2D eigenvalue weighted by Crippen LogP contribution is 2.13. The zero-order chi connectivity index (χ0) is 43.5. The number of esters is 2. The summed E-state index contributed by atoms with van der Waals surface area (Å²) in [4.78, 5) is 25.3. The maximum atomic E-state index is 12.7. The van der Waals surface area contributed by atoms with Crippen LogP contribution in [0.25, 0.3) is 0 Å². The summed E-state index contributed by atoms with van der Waals surface area (Å²) in [5.41, 5.74) is 0. The van der Waals surface area contributed by atoms with Gasteiger partial charge in [0.2, 0.25) is 0 Å². The lowest BCUT2D eigenvalue weighted by Gasteiger charge is -2.18. The second-order valence-electron chi connectivity index (χ2n) is 15.6. The Labute approximate surface area is 370 Å². The van der Waals surface area contributed by atoms with Crippen LogP contribution in [0.5, 0.6) is 0 Å². The number of allylic oxidation sites excluding steroid dienone is 17. The number of hydrogen-bond donors (Lipinski definition) is 0. The van der Waals surface area contributed by atoms with Crippen molar-refractivity contribution in [3.63, 3.8) is 0 Å². The van der Waals surface area contributed by atoms with Gasteiger partial charge in [-0.05, 0) is 103 Å². The van der Waals surface area contributed by atoms with Crippen molar-refractivity contribution in [2.24, 2.45) is 0 Å². The molecule has 0 heterocycles. The van der Waals surface area contributed by atoms with Gasteiger partial charge in [-0.15, -0.1) is 0 Å². The molecule has 0 amide bonds. The fourth-order valence-electron chi connectivity index (χ4n) is 6.22. The average molecular weight is 831 g/mol. The summed E-state index contributed by atoms with van der Waals surface area (Å²) in [5, 5.41) is 0. The van der Waals surface area contributed by atoms with Gasteiger partial charge in [0, 0.05) is 12.8 Å². The number of hydrogen-bond acceptors (Lipinski definition) is 5. The second-order valence-corrected chi connectivity index (χ2v) is 15.6. The lowest BCUT2D eigenvalue weighted by molar-refractivity contribution is -0.162. The molecule has 340 valence electrons. The fraction of sp³-hybridized carbons (Fsp3) is 0.636. The zero-order valence-electron chi connectivity index (χ0n) is 38.9. The van der Waals surface area contributed by atoms with Crippen molar-refractivity contribution in [1.29, 1.82) is 0 Å². The highest BCUT2D eigenvalue weighted by Gasteiger charge is 2.17. The van der Waals surface area contributed by atoms with Crippen molar-refractivity contribution in [2.45, 2.75) is 207 Å². The molecule has 60 heavy (non-hydrogen) atoms. The van der Waals surface area contributed by atoms with Gasteiger partial charge in [0.15, 0.2) is 6.10 Å². The maximum Gasteiger partial charge on any atom is 0.306 e. The van der Waals surface area contributed by atoms with Gasteiger partial charge < -0.3 is 14.2 Å². The van der Waals surface area contributed by atoms with Crippen LogP contribution in [0.15, 0.2) is 109 Å². The standard InChI is InChI=1S/C55H90O5/c1-4-7-10-13-16-19-22-24-26-28-29-31-34-36-39-42-45-48-54(56)59-52-53(60-55(57)49-46-43-40-37-33-21-18-15-12-9-6-3)51-58-50-47-44-41-38-35-32-30-27-25-23-20-17-14-11-8-5-2/h7-8,10-11,15-20,24-27,32,35,41,44,53H,4-6,9,12-14,21-23,28-31,33-34,36-40,42-43,45-52H2,1-3H3/b10-7-,11-8-,18-15-,19-16-,20-17-,26-24-,27-25-,35-32-,44-41-. The van der Waals surface area contributed by atoms with Crippen molar-refractivity contribution in [1.82, 2.24) is 0 Å². The van der Waals surface area contributed by atoms with E-state index < -0.39 is 6.10 Å². The predicted octanol–water partition coefficient (Wildman–Crippen LogP) is 16.4. The molecule has 5 nitrogen and oxygen atoms in total. The molecule has 0 aliphatic heterocycles. The van der Waals surface area contributed by atoms with E-state index in [1.54, 1.807) is 0 Å². The van der Waals surface area contributed by atoms with Crippen LogP contribution in [0, 0.1) is 0 Å². The largest absolute Gasteiger partial charge is 0.462 e. The van der Waals surface area contributed by atoms with Crippen LogP contribution < -0.4 is 0 Å². The quantitative estimate of drug-likeness (QED) is 0.0348. The van der Waals surface area contributed by atoms with Crippen LogP contribution >= 0.6 is 0 Å². The molecular formula is C55H90O5. The van der Waals surface area contributed by atoms with Crippen molar-refractivity contribution in [2.75, 3.05) is 19.8 Å². The monoisotopic (exact) mass is 831 g/mol. The minimum atomic E-state index is -0.589. The van der Waals surface area contributed by atoms with Gasteiger partial charge in [-0.1, -0.05) is 194 Å². The lowest BCUT2D eigenvalue weighted by atomic mass is 10.1. The van der Waals surface area contributed by atoms with Gasteiger partial charge in [-0.3, -0.25) is 9.59 Å². The van der Waals surface area contributed by atoms with Crippen LogP contribution in [0.2, 0.25) is 0 Å². The number of ether oxygens (including phenoxy) is 3. The Morgan fingerprint density at radius 3 is 1.22 bits per heavy atom. The Bertz CT molecular complexity index is 1210. The van der Waals surface area contributed by atoms with Crippen LogP contribution in [-0.2, 0) is 23.8 Å². The molecule has 0 spiro atoms. The molecule has 0 aromatic carbocycles. The Balaban J connectivity index is 4.39. The lowest BCUT2D eigenvalue weighted by Crippen LogP contribution is -2.30. The van der Waals surface area contributed by atoms with Crippen LogP contribution in [-0.4, -0.2) is 37.9 Å². The van der Waals surface area contributed by atoms with Crippen LogP contribution in [0.3, 0.4) is 0 Å². The minimum absolute atomic E-state index is 0.0407. The summed E-state index contributed by atoms with van der Waals surface area (Å²) in [6.07, 6.45) is 68.3. The Morgan fingerprint density at radius 1 is 0.383 bits per heavy atom. The Morgan fingerprint density at radius 2 is 0.750 bits per heavy atom. The molecule has 0 radical (unpaired) electrons. The molecule has 0 bridgehead atoms. The third-order valence-electron chi connectivity index (χ3n) is 9.79. The number of carbonyl (C=O) groups excluding carboxylic acids is 2. The van der Waals surface area contributed by atoms with Crippen molar-refractivity contribution in [3.8, 4) is 0 Å². The van der Waals surface area contributed by atoms with E-state index in [-0.39, 0.29) is 25.2 Å². The first-order valence-corrected chi connectivity index (χ1v) is 24.4. The molecule has 0 rings (SSSR count). The Hall–Kier alpha value is -3.44. The van der Waals surface area contributed by atoms with E-state index in [4.69, 9.17) is 14.2 Å². The van der Waals surface area contributed by atoms with E-state index in [1.165, 1.54) is 57.8 Å². The first-order chi connectivity index (χ1) is 29.6.